The van der Waals surface area contributed by atoms with E-state index in [0.29, 0.717) is 17.9 Å². The zero-order valence-corrected chi connectivity index (χ0v) is 11.4. The van der Waals surface area contributed by atoms with Crippen LogP contribution in [0.2, 0.25) is 0 Å². The minimum absolute atomic E-state index is 0.0536. The molecule has 0 spiro atoms. The maximum Gasteiger partial charge on any atom is 0.224 e. The number of carbonyl (C=O) groups excluding carboxylic acids is 1. The standard InChI is InChI=1S/C14H22N4O/c1-18-8-7-11(10-18)3-2-4-14(19)17-12-5-6-13(15)16-9-12/h5-6,9,11H,2-4,7-8,10H2,1H3,(H2,15,16)(H,17,19). The van der Waals surface area contributed by atoms with E-state index in [1.165, 1.54) is 19.5 Å². The molecule has 0 bridgehead atoms. The number of rotatable bonds is 5. The van der Waals surface area contributed by atoms with Crippen molar-refractivity contribution in [3.05, 3.63) is 18.3 Å². The van der Waals surface area contributed by atoms with Gasteiger partial charge in [-0.05, 0) is 50.9 Å². The Bertz CT molecular complexity index is 418. The van der Waals surface area contributed by atoms with Crippen LogP contribution in [-0.4, -0.2) is 35.9 Å². The minimum atomic E-state index is 0.0536. The molecule has 0 radical (unpaired) electrons. The van der Waals surface area contributed by atoms with Crippen LogP contribution in [0.5, 0.6) is 0 Å². The quantitative estimate of drug-likeness (QED) is 0.847. The van der Waals surface area contributed by atoms with Crippen LogP contribution in [0.1, 0.15) is 25.7 Å². The van der Waals surface area contributed by atoms with Crippen molar-refractivity contribution < 1.29 is 4.79 Å². The average molecular weight is 262 g/mol. The highest BCUT2D eigenvalue weighted by molar-refractivity contribution is 5.90. The van der Waals surface area contributed by atoms with Crippen molar-refractivity contribution in [2.24, 2.45) is 5.92 Å². The molecule has 1 aromatic heterocycles. The molecule has 0 aliphatic carbocycles. The zero-order chi connectivity index (χ0) is 13.7. The van der Waals surface area contributed by atoms with Crippen LogP contribution >= 0.6 is 0 Å². The molecule has 5 heteroatoms. The molecule has 1 saturated heterocycles. The summed E-state index contributed by atoms with van der Waals surface area (Å²) in [4.78, 5) is 18.0. The number of likely N-dealkylation sites (tertiary alicyclic amines) is 1. The summed E-state index contributed by atoms with van der Waals surface area (Å²) in [6, 6.07) is 3.45. The first kappa shape index (κ1) is 13.8. The highest BCUT2D eigenvalue weighted by atomic mass is 16.1. The van der Waals surface area contributed by atoms with Crippen LogP contribution in [0.4, 0.5) is 11.5 Å². The number of aromatic nitrogens is 1. The number of nitrogens with two attached hydrogens (primary N) is 1. The SMILES string of the molecule is CN1CCC(CCCC(=O)Nc2ccc(N)nc2)C1. The van der Waals surface area contributed by atoms with E-state index >= 15 is 0 Å². The Morgan fingerprint density at radius 3 is 3.05 bits per heavy atom. The van der Waals surface area contributed by atoms with Gasteiger partial charge in [-0.2, -0.15) is 0 Å². The van der Waals surface area contributed by atoms with Crippen molar-refractivity contribution in [2.75, 3.05) is 31.2 Å². The summed E-state index contributed by atoms with van der Waals surface area (Å²) >= 11 is 0. The normalized spacial score (nSPS) is 19.5. The van der Waals surface area contributed by atoms with E-state index in [4.69, 9.17) is 5.73 Å². The van der Waals surface area contributed by atoms with E-state index in [9.17, 15) is 4.79 Å². The van der Waals surface area contributed by atoms with Crippen LogP contribution < -0.4 is 11.1 Å². The van der Waals surface area contributed by atoms with Crippen molar-refractivity contribution in [1.82, 2.24) is 9.88 Å². The second-order valence-corrected chi connectivity index (χ2v) is 5.33. The molecule has 104 valence electrons. The number of anilines is 2. The van der Waals surface area contributed by atoms with Gasteiger partial charge in [0.1, 0.15) is 5.82 Å². The lowest BCUT2D eigenvalue weighted by atomic mass is 10.0. The Balaban J connectivity index is 1.66. The molecule has 2 rings (SSSR count). The predicted octanol–water partition coefficient (Wildman–Crippen LogP) is 1.72. The molecule has 0 saturated carbocycles. The van der Waals surface area contributed by atoms with Gasteiger partial charge < -0.3 is 16.0 Å². The van der Waals surface area contributed by atoms with Crippen molar-refractivity contribution in [3.8, 4) is 0 Å². The number of hydrogen-bond donors (Lipinski definition) is 2. The molecule has 1 aromatic rings. The predicted molar refractivity (Wildman–Crippen MR) is 76.7 cm³/mol. The number of amides is 1. The highest BCUT2D eigenvalue weighted by Crippen LogP contribution is 2.20. The van der Waals surface area contributed by atoms with Crippen LogP contribution in [0.3, 0.4) is 0 Å². The van der Waals surface area contributed by atoms with Gasteiger partial charge in [0.15, 0.2) is 0 Å². The summed E-state index contributed by atoms with van der Waals surface area (Å²) in [6.07, 6.45) is 5.51. The van der Waals surface area contributed by atoms with Crippen molar-refractivity contribution in [3.63, 3.8) is 0 Å². The topological polar surface area (TPSA) is 71.2 Å². The molecule has 0 aromatic carbocycles. The van der Waals surface area contributed by atoms with E-state index in [-0.39, 0.29) is 5.91 Å². The number of pyridine rings is 1. The third kappa shape index (κ3) is 4.52. The summed E-state index contributed by atoms with van der Waals surface area (Å²) in [5, 5.41) is 2.84. The molecule has 19 heavy (non-hydrogen) atoms. The zero-order valence-electron chi connectivity index (χ0n) is 11.4. The van der Waals surface area contributed by atoms with E-state index < -0.39 is 0 Å². The fourth-order valence-electron chi connectivity index (χ4n) is 2.52. The Morgan fingerprint density at radius 1 is 1.58 bits per heavy atom. The van der Waals surface area contributed by atoms with E-state index in [1.54, 1.807) is 18.3 Å². The van der Waals surface area contributed by atoms with Gasteiger partial charge in [0.25, 0.3) is 0 Å². The van der Waals surface area contributed by atoms with Gasteiger partial charge >= 0.3 is 0 Å². The van der Waals surface area contributed by atoms with Gasteiger partial charge in [-0.3, -0.25) is 4.79 Å². The Hall–Kier alpha value is -1.62. The molecule has 1 unspecified atom stereocenters. The van der Waals surface area contributed by atoms with Gasteiger partial charge in [0.2, 0.25) is 5.91 Å². The Morgan fingerprint density at radius 2 is 2.42 bits per heavy atom. The largest absolute Gasteiger partial charge is 0.384 e. The maximum absolute atomic E-state index is 11.8. The second kappa shape index (κ2) is 6.52. The van der Waals surface area contributed by atoms with Gasteiger partial charge in [-0.25, -0.2) is 4.98 Å². The van der Waals surface area contributed by atoms with Crippen LogP contribution in [0.25, 0.3) is 0 Å². The average Bonchev–Trinajstić information content (AvgIpc) is 2.78. The fraction of sp³-hybridized carbons (Fsp3) is 0.571. The Kier molecular flexibility index (Phi) is 4.74. The lowest BCUT2D eigenvalue weighted by Crippen LogP contribution is -2.15. The van der Waals surface area contributed by atoms with E-state index in [2.05, 4.69) is 22.2 Å². The first-order valence-corrected chi connectivity index (χ1v) is 6.83. The van der Waals surface area contributed by atoms with E-state index in [1.807, 2.05) is 0 Å². The molecule has 1 aliphatic rings. The van der Waals surface area contributed by atoms with Crippen molar-refractivity contribution in [2.45, 2.75) is 25.7 Å². The summed E-state index contributed by atoms with van der Waals surface area (Å²) in [5.74, 6) is 1.28. The fourth-order valence-corrected chi connectivity index (χ4v) is 2.52. The number of carbonyl (C=O) groups is 1. The molecule has 3 N–H and O–H groups in total. The van der Waals surface area contributed by atoms with Gasteiger partial charge in [-0.1, -0.05) is 0 Å². The van der Waals surface area contributed by atoms with Crippen LogP contribution in [-0.2, 0) is 4.79 Å². The Labute approximate surface area is 114 Å². The third-order valence-electron chi connectivity index (χ3n) is 3.58. The highest BCUT2D eigenvalue weighted by Gasteiger charge is 2.18. The van der Waals surface area contributed by atoms with Gasteiger partial charge in [0.05, 0.1) is 11.9 Å². The summed E-state index contributed by atoms with van der Waals surface area (Å²) in [7, 11) is 2.15. The number of nitrogens with one attached hydrogen (secondary N) is 1. The summed E-state index contributed by atoms with van der Waals surface area (Å²) in [6.45, 7) is 2.36. The molecule has 1 fully saturated rings. The molecular weight excluding hydrogens is 240 g/mol. The van der Waals surface area contributed by atoms with E-state index in [0.717, 1.165) is 18.8 Å². The lowest BCUT2D eigenvalue weighted by molar-refractivity contribution is -0.116. The van der Waals surface area contributed by atoms with Crippen molar-refractivity contribution in [1.29, 1.82) is 0 Å². The molecular formula is C14H22N4O. The number of nitrogen functional groups attached to an aromatic ring is 1. The number of hydrogen-bond acceptors (Lipinski definition) is 4. The first-order valence-electron chi connectivity index (χ1n) is 6.83. The number of nitrogens with zero attached hydrogens (tertiary/aromatic N) is 2. The van der Waals surface area contributed by atoms with Crippen LogP contribution in [0.15, 0.2) is 18.3 Å². The first-order chi connectivity index (χ1) is 9.13. The molecule has 2 heterocycles. The van der Waals surface area contributed by atoms with Gasteiger partial charge in [0, 0.05) is 13.0 Å². The van der Waals surface area contributed by atoms with Crippen molar-refractivity contribution >= 4 is 17.4 Å². The summed E-state index contributed by atoms with van der Waals surface area (Å²) < 4.78 is 0. The molecule has 1 aliphatic heterocycles. The minimum Gasteiger partial charge on any atom is -0.384 e. The third-order valence-corrected chi connectivity index (χ3v) is 3.58. The smallest absolute Gasteiger partial charge is 0.224 e. The summed E-state index contributed by atoms with van der Waals surface area (Å²) in [5.41, 5.74) is 6.20. The second-order valence-electron chi connectivity index (χ2n) is 5.33. The molecule has 1 atom stereocenters. The molecule has 5 nitrogen and oxygen atoms in total. The monoisotopic (exact) mass is 262 g/mol. The van der Waals surface area contributed by atoms with Crippen LogP contribution in [0, 0.1) is 5.92 Å². The molecule has 1 amide bonds. The maximum atomic E-state index is 11.8. The lowest BCUT2D eigenvalue weighted by Gasteiger charge is -2.10. The van der Waals surface area contributed by atoms with Gasteiger partial charge in [-0.15, -0.1) is 0 Å².